The molecule has 0 spiro atoms. The molecule has 76 valence electrons. The third-order valence-electron chi connectivity index (χ3n) is 3.08. The van der Waals surface area contributed by atoms with E-state index in [0.29, 0.717) is 6.54 Å². The van der Waals surface area contributed by atoms with Gasteiger partial charge in [-0.3, -0.25) is 0 Å². The van der Waals surface area contributed by atoms with Gasteiger partial charge in [0.1, 0.15) is 0 Å². The molecule has 1 saturated carbocycles. The molecule has 0 aromatic heterocycles. The normalized spacial score (nSPS) is 20.5. The third-order valence-corrected chi connectivity index (χ3v) is 3.80. The second kappa shape index (κ2) is 3.65. The van der Waals surface area contributed by atoms with Crippen molar-refractivity contribution in [3.8, 4) is 0 Å². The first kappa shape index (κ1) is 10.1. The van der Waals surface area contributed by atoms with Crippen LogP contribution in [0, 0.1) is 5.41 Å². The van der Waals surface area contributed by atoms with Gasteiger partial charge < -0.3 is 10.8 Å². The molecule has 1 aromatic carbocycles. The summed E-state index contributed by atoms with van der Waals surface area (Å²) in [5, 5.41) is 10.2. The van der Waals surface area contributed by atoms with E-state index in [1.54, 1.807) is 0 Å². The van der Waals surface area contributed by atoms with E-state index in [-0.39, 0.29) is 5.41 Å². The van der Waals surface area contributed by atoms with Crippen LogP contribution >= 0.6 is 15.9 Å². The van der Waals surface area contributed by atoms with Crippen molar-refractivity contribution in [2.45, 2.75) is 18.9 Å². The Morgan fingerprint density at radius 2 is 2.07 bits per heavy atom. The topological polar surface area (TPSA) is 46.2 Å². The van der Waals surface area contributed by atoms with Gasteiger partial charge in [-0.2, -0.15) is 0 Å². The summed E-state index contributed by atoms with van der Waals surface area (Å²) in [6.07, 6.45) is 1.64. The molecule has 3 N–H and O–H groups in total. The summed E-state index contributed by atoms with van der Waals surface area (Å²) in [6, 6.07) is 7.79. The van der Waals surface area contributed by atoms with E-state index < -0.39 is 6.10 Å². The van der Waals surface area contributed by atoms with Crippen molar-refractivity contribution >= 4 is 15.9 Å². The van der Waals surface area contributed by atoms with Crippen molar-refractivity contribution in [3.63, 3.8) is 0 Å². The van der Waals surface area contributed by atoms with E-state index in [0.717, 1.165) is 22.9 Å². The maximum atomic E-state index is 10.2. The van der Waals surface area contributed by atoms with Gasteiger partial charge in [0.15, 0.2) is 0 Å². The highest BCUT2D eigenvalue weighted by molar-refractivity contribution is 9.10. The average molecular weight is 256 g/mol. The lowest BCUT2D eigenvalue weighted by Gasteiger charge is -2.21. The first-order chi connectivity index (χ1) is 6.69. The van der Waals surface area contributed by atoms with Gasteiger partial charge in [-0.25, -0.2) is 0 Å². The fourth-order valence-electron chi connectivity index (χ4n) is 1.78. The Hall–Kier alpha value is -0.380. The van der Waals surface area contributed by atoms with Crippen LogP contribution in [0.1, 0.15) is 24.5 Å². The Morgan fingerprint density at radius 1 is 1.43 bits per heavy atom. The maximum Gasteiger partial charge on any atom is 0.0869 e. The second-order valence-electron chi connectivity index (χ2n) is 3.99. The van der Waals surface area contributed by atoms with Gasteiger partial charge in [-0.1, -0.05) is 34.1 Å². The van der Waals surface area contributed by atoms with E-state index in [9.17, 15) is 5.11 Å². The van der Waals surface area contributed by atoms with Gasteiger partial charge in [0.2, 0.25) is 0 Å². The summed E-state index contributed by atoms with van der Waals surface area (Å²) in [5.74, 6) is 0. The molecule has 1 aromatic rings. The van der Waals surface area contributed by atoms with E-state index in [4.69, 9.17) is 5.73 Å². The smallest absolute Gasteiger partial charge is 0.0869 e. The number of aliphatic hydroxyl groups is 1. The lowest BCUT2D eigenvalue weighted by molar-refractivity contribution is 0.0969. The summed E-state index contributed by atoms with van der Waals surface area (Å²) in [6.45, 7) is 0.565. The monoisotopic (exact) mass is 255 g/mol. The molecule has 0 bridgehead atoms. The predicted octanol–water partition coefficient (Wildman–Crippen LogP) is 2.22. The van der Waals surface area contributed by atoms with Crippen LogP contribution in [-0.4, -0.2) is 11.7 Å². The quantitative estimate of drug-likeness (QED) is 0.871. The molecule has 3 heteroatoms. The Bertz CT molecular complexity index is 336. The first-order valence-corrected chi connectivity index (χ1v) is 5.61. The van der Waals surface area contributed by atoms with Crippen molar-refractivity contribution < 1.29 is 5.11 Å². The maximum absolute atomic E-state index is 10.2. The predicted molar refractivity (Wildman–Crippen MR) is 59.8 cm³/mol. The molecule has 2 nitrogen and oxygen atoms in total. The van der Waals surface area contributed by atoms with Crippen molar-refractivity contribution in [1.29, 1.82) is 0 Å². The zero-order valence-electron chi connectivity index (χ0n) is 7.91. The SMILES string of the molecule is NCC1(C(O)c2ccccc2Br)CC1. The van der Waals surface area contributed by atoms with E-state index >= 15 is 0 Å². The molecule has 0 saturated heterocycles. The number of hydrogen-bond acceptors (Lipinski definition) is 2. The fraction of sp³-hybridized carbons (Fsp3) is 0.455. The van der Waals surface area contributed by atoms with E-state index in [1.165, 1.54) is 0 Å². The summed E-state index contributed by atoms with van der Waals surface area (Å²) < 4.78 is 0.965. The zero-order valence-corrected chi connectivity index (χ0v) is 9.50. The lowest BCUT2D eigenvalue weighted by Crippen LogP contribution is -2.23. The Morgan fingerprint density at radius 3 is 2.57 bits per heavy atom. The molecule has 0 radical (unpaired) electrons. The van der Waals surface area contributed by atoms with E-state index in [2.05, 4.69) is 15.9 Å². The number of rotatable bonds is 3. The molecule has 0 aliphatic heterocycles. The van der Waals surface area contributed by atoms with Crippen LogP contribution < -0.4 is 5.73 Å². The van der Waals surface area contributed by atoms with Crippen LogP contribution in [0.3, 0.4) is 0 Å². The molecule has 0 amide bonds. The summed E-state index contributed by atoms with van der Waals surface area (Å²) in [4.78, 5) is 0. The molecule has 1 unspecified atom stereocenters. The molecule has 2 rings (SSSR count). The molecule has 0 heterocycles. The van der Waals surface area contributed by atoms with Crippen LogP contribution in [0.15, 0.2) is 28.7 Å². The van der Waals surface area contributed by atoms with Gasteiger partial charge >= 0.3 is 0 Å². The van der Waals surface area contributed by atoms with Crippen LogP contribution in [0.2, 0.25) is 0 Å². The van der Waals surface area contributed by atoms with Crippen LogP contribution in [-0.2, 0) is 0 Å². The standard InChI is InChI=1S/C11H14BrNO/c12-9-4-2-1-3-8(9)10(14)11(7-13)5-6-11/h1-4,10,14H,5-7,13H2. The van der Waals surface area contributed by atoms with Gasteiger partial charge in [0, 0.05) is 16.4 Å². The number of nitrogens with two attached hydrogens (primary N) is 1. The highest BCUT2D eigenvalue weighted by atomic mass is 79.9. The first-order valence-electron chi connectivity index (χ1n) is 4.82. The van der Waals surface area contributed by atoms with Crippen molar-refractivity contribution in [2.24, 2.45) is 11.1 Å². The van der Waals surface area contributed by atoms with Crippen molar-refractivity contribution in [3.05, 3.63) is 34.3 Å². The van der Waals surface area contributed by atoms with Crippen LogP contribution in [0.4, 0.5) is 0 Å². The molecular formula is C11H14BrNO. The number of benzene rings is 1. The largest absolute Gasteiger partial charge is 0.388 e. The Labute approximate surface area is 92.3 Å². The molecule has 1 atom stereocenters. The van der Waals surface area contributed by atoms with Gasteiger partial charge in [0.25, 0.3) is 0 Å². The summed E-state index contributed by atoms with van der Waals surface area (Å²) in [7, 11) is 0. The molecule has 14 heavy (non-hydrogen) atoms. The number of halogens is 1. The molecular weight excluding hydrogens is 242 g/mol. The number of aliphatic hydroxyl groups excluding tert-OH is 1. The van der Waals surface area contributed by atoms with Crippen LogP contribution in [0.25, 0.3) is 0 Å². The van der Waals surface area contributed by atoms with Crippen molar-refractivity contribution in [1.82, 2.24) is 0 Å². The Kier molecular flexibility index (Phi) is 2.64. The van der Waals surface area contributed by atoms with Gasteiger partial charge in [-0.15, -0.1) is 0 Å². The van der Waals surface area contributed by atoms with Gasteiger partial charge in [0.05, 0.1) is 6.10 Å². The second-order valence-corrected chi connectivity index (χ2v) is 4.84. The number of hydrogen-bond donors (Lipinski definition) is 2. The molecule has 1 aliphatic carbocycles. The lowest BCUT2D eigenvalue weighted by atomic mass is 9.93. The van der Waals surface area contributed by atoms with E-state index in [1.807, 2.05) is 24.3 Å². The Balaban J connectivity index is 2.27. The van der Waals surface area contributed by atoms with Crippen molar-refractivity contribution in [2.75, 3.05) is 6.54 Å². The summed E-state index contributed by atoms with van der Waals surface area (Å²) >= 11 is 3.45. The highest BCUT2D eigenvalue weighted by Gasteiger charge is 2.48. The highest BCUT2D eigenvalue weighted by Crippen LogP contribution is 2.54. The van der Waals surface area contributed by atoms with Gasteiger partial charge in [-0.05, 0) is 24.5 Å². The zero-order chi connectivity index (χ0) is 10.2. The summed E-state index contributed by atoms with van der Waals surface area (Å²) in [5.41, 5.74) is 6.58. The minimum Gasteiger partial charge on any atom is -0.388 e. The third kappa shape index (κ3) is 1.60. The fourth-order valence-corrected chi connectivity index (χ4v) is 2.28. The molecule has 1 aliphatic rings. The minimum atomic E-state index is -0.428. The van der Waals surface area contributed by atoms with Crippen LogP contribution in [0.5, 0.6) is 0 Å². The molecule has 1 fully saturated rings. The average Bonchev–Trinajstić information content (AvgIpc) is 2.98. The minimum absolute atomic E-state index is 0.0517.